The summed E-state index contributed by atoms with van der Waals surface area (Å²) >= 11 is 0. The average Bonchev–Trinajstić information content (AvgIpc) is 3.18. The molecule has 140 valence electrons. The van der Waals surface area contributed by atoms with Crippen LogP contribution in [0, 0.1) is 16.7 Å². The number of carbonyl (C=O) groups excluding carboxylic acids is 2. The van der Waals surface area contributed by atoms with Crippen molar-refractivity contribution in [1.82, 2.24) is 20.6 Å². The molecule has 1 aromatic heterocycles. The number of aromatic nitrogens is 2. The number of hydrogen-bond acceptors (Lipinski definition) is 5. The molecule has 1 aliphatic carbocycles. The zero-order valence-electron chi connectivity index (χ0n) is 15.1. The van der Waals surface area contributed by atoms with Gasteiger partial charge in [0.05, 0.1) is 11.5 Å². The molecule has 0 radical (unpaired) electrons. The second kappa shape index (κ2) is 7.58. The Hall–Kier alpha value is -3.21. The molecule has 1 fully saturated rings. The fraction of sp³-hybridized carbons (Fsp3) is 0.421. The van der Waals surface area contributed by atoms with Gasteiger partial charge in [0, 0.05) is 11.9 Å². The van der Waals surface area contributed by atoms with Gasteiger partial charge in [-0.05, 0) is 25.3 Å². The third-order valence-electron chi connectivity index (χ3n) is 4.91. The van der Waals surface area contributed by atoms with Crippen molar-refractivity contribution in [3.05, 3.63) is 40.3 Å². The van der Waals surface area contributed by atoms with Crippen LogP contribution in [-0.2, 0) is 11.3 Å². The Morgan fingerprint density at radius 3 is 2.52 bits per heavy atom. The van der Waals surface area contributed by atoms with Gasteiger partial charge in [-0.2, -0.15) is 10.4 Å². The lowest BCUT2D eigenvalue weighted by atomic mass is 9.87. The summed E-state index contributed by atoms with van der Waals surface area (Å²) in [6, 6.07) is 8.80. The number of nitrogens with one attached hydrogen (secondary N) is 2. The molecule has 1 aliphatic rings. The average molecular weight is 367 g/mol. The molecule has 0 unspecified atom stereocenters. The topological polar surface area (TPSA) is 117 Å². The van der Waals surface area contributed by atoms with Crippen molar-refractivity contribution in [3.63, 3.8) is 0 Å². The highest BCUT2D eigenvalue weighted by Gasteiger charge is 2.41. The molecule has 0 bridgehead atoms. The molecule has 2 amide bonds. The lowest BCUT2D eigenvalue weighted by Crippen LogP contribution is -2.48. The first kappa shape index (κ1) is 18.6. The molecule has 1 aromatic carbocycles. The number of hydrogen-bond donors (Lipinski definition) is 2. The van der Waals surface area contributed by atoms with E-state index in [1.54, 1.807) is 24.3 Å². The van der Waals surface area contributed by atoms with E-state index in [0.29, 0.717) is 36.6 Å². The third kappa shape index (κ3) is 3.40. The summed E-state index contributed by atoms with van der Waals surface area (Å²) in [4.78, 5) is 37.5. The second-order valence-corrected chi connectivity index (χ2v) is 6.73. The van der Waals surface area contributed by atoms with E-state index < -0.39 is 17.2 Å². The largest absolute Gasteiger partial charge is 0.290 e. The molecule has 8 heteroatoms. The molecule has 2 N–H and O–H groups in total. The number of nitriles is 1. The van der Waals surface area contributed by atoms with E-state index in [0.717, 1.165) is 12.8 Å². The number of carbonyl (C=O) groups is 2. The monoisotopic (exact) mass is 367 g/mol. The Morgan fingerprint density at radius 1 is 1.22 bits per heavy atom. The summed E-state index contributed by atoms with van der Waals surface area (Å²) in [6.45, 7) is 2.29. The van der Waals surface area contributed by atoms with Crippen LogP contribution in [0.15, 0.2) is 29.1 Å². The fourth-order valence-corrected chi connectivity index (χ4v) is 3.43. The van der Waals surface area contributed by atoms with Gasteiger partial charge in [0.25, 0.3) is 17.4 Å². The first-order chi connectivity index (χ1) is 13.0. The van der Waals surface area contributed by atoms with Crippen LogP contribution in [0.3, 0.4) is 0 Å². The fourth-order valence-electron chi connectivity index (χ4n) is 3.43. The Bertz CT molecular complexity index is 983. The summed E-state index contributed by atoms with van der Waals surface area (Å²) in [7, 11) is 0. The molecule has 0 saturated heterocycles. The molecule has 8 nitrogen and oxygen atoms in total. The maximum absolute atomic E-state index is 12.7. The van der Waals surface area contributed by atoms with Crippen molar-refractivity contribution >= 4 is 22.6 Å². The van der Waals surface area contributed by atoms with E-state index in [4.69, 9.17) is 0 Å². The molecule has 2 aromatic rings. The van der Waals surface area contributed by atoms with E-state index in [1.807, 2.05) is 6.92 Å². The quantitative estimate of drug-likeness (QED) is 0.797. The van der Waals surface area contributed by atoms with Crippen molar-refractivity contribution in [3.8, 4) is 6.07 Å². The van der Waals surface area contributed by atoms with Gasteiger partial charge < -0.3 is 0 Å². The van der Waals surface area contributed by atoms with Crippen LogP contribution in [0.4, 0.5) is 0 Å². The maximum atomic E-state index is 12.7. The number of nitrogens with zero attached hydrogens (tertiary/aromatic N) is 3. The van der Waals surface area contributed by atoms with Crippen LogP contribution in [0.25, 0.3) is 10.8 Å². The third-order valence-corrected chi connectivity index (χ3v) is 4.91. The maximum Gasteiger partial charge on any atom is 0.290 e. The standard InChI is InChI=1S/C19H21N5O3/c1-2-11-24-17(26)14-8-4-3-7-13(14)15(23-24)16(25)21-22-18(27)19(12-20)9-5-6-10-19/h3-4,7-8H,2,5-6,9-11H2,1H3,(H,21,25)(H,22,27). The first-order valence-corrected chi connectivity index (χ1v) is 9.04. The summed E-state index contributed by atoms with van der Waals surface area (Å²) < 4.78 is 1.26. The second-order valence-electron chi connectivity index (χ2n) is 6.73. The van der Waals surface area contributed by atoms with Gasteiger partial charge in [-0.3, -0.25) is 25.2 Å². The number of amides is 2. The lowest BCUT2D eigenvalue weighted by molar-refractivity contribution is -0.128. The Balaban J connectivity index is 1.87. The smallest absolute Gasteiger partial charge is 0.271 e. The first-order valence-electron chi connectivity index (χ1n) is 9.04. The minimum atomic E-state index is -1.09. The highest BCUT2D eigenvalue weighted by atomic mass is 16.2. The molecule has 0 aliphatic heterocycles. The van der Waals surface area contributed by atoms with Gasteiger partial charge in [-0.15, -0.1) is 0 Å². The van der Waals surface area contributed by atoms with Gasteiger partial charge in [0.1, 0.15) is 5.41 Å². The Kier molecular flexibility index (Phi) is 5.21. The van der Waals surface area contributed by atoms with Crippen molar-refractivity contribution in [2.75, 3.05) is 0 Å². The summed E-state index contributed by atoms with van der Waals surface area (Å²) in [6.07, 6.45) is 3.27. The molecule has 1 saturated carbocycles. The predicted molar refractivity (Wildman–Crippen MR) is 98.4 cm³/mol. The summed E-state index contributed by atoms with van der Waals surface area (Å²) in [5.41, 5.74) is 3.40. The molecule has 3 rings (SSSR count). The van der Waals surface area contributed by atoms with Crippen LogP contribution in [-0.4, -0.2) is 21.6 Å². The van der Waals surface area contributed by atoms with E-state index >= 15 is 0 Å². The molecule has 0 spiro atoms. The van der Waals surface area contributed by atoms with Gasteiger partial charge >= 0.3 is 0 Å². The minimum absolute atomic E-state index is 0.0522. The van der Waals surface area contributed by atoms with Gasteiger partial charge in [0.2, 0.25) is 0 Å². The SMILES string of the molecule is CCCn1nc(C(=O)NNC(=O)C2(C#N)CCCC2)c2ccccc2c1=O. The van der Waals surface area contributed by atoms with E-state index in [1.165, 1.54) is 4.68 Å². The zero-order chi connectivity index (χ0) is 19.4. The van der Waals surface area contributed by atoms with E-state index in [9.17, 15) is 19.6 Å². The van der Waals surface area contributed by atoms with E-state index in [-0.39, 0.29) is 11.3 Å². The predicted octanol–water partition coefficient (Wildman–Crippen LogP) is 1.65. The summed E-state index contributed by atoms with van der Waals surface area (Å²) in [5, 5.41) is 14.3. The highest BCUT2D eigenvalue weighted by Crippen LogP contribution is 2.37. The van der Waals surface area contributed by atoms with Crippen molar-refractivity contribution in [1.29, 1.82) is 5.26 Å². The number of benzene rings is 1. The van der Waals surface area contributed by atoms with Crippen molar-refractivity contribution in [2.45, 2.75) is 45.6 Å². The molecule has 0 atom stereocenters. The Labute approximate surface area is 156 Å². The van der Waals surface area contributed by atoms with Crippen LogP contribution in [0.1, 0.15) is 49.5 Å². The molecule has 1 heterocycles. The van der Waals surface area contributed by atoms with Crippen LogP contribution >= 0.6 is 0 Å². The van der Waals surface area contributed by atoms with Gasteiger partial charge in [0.15, 0.2) is 5.69 Å². The van der Waals surface area contributed by atoms with E-state index in [2.05, 4.69) is 22.0 Å². The van der Waals surface area contributed by atoms with Crippen LogP contribution in [0.5, 0.6) is 0 Å². The van der Waals surface area contributed by atoms with Crippen molar-refractivity contribution in [2.24, 2.45) is 5.41 Å². The minimum Gasteiger partial charge on any atom is -0.271 e. The number of hydrazine groups is 1. The molecule has 27 heavy (non-hydrogen) atoms. The number of rotatable bonds is 4. The number of fused-ring (bicyclic) bond motifs is 1. The molecular formula is C19H21N5O3. The summed E-state index contributed by atoms with van der Waals surface area (Å²) in [5.74, 6) is -1.14. The van der Waals surface area contributed by atoms with Crippen molar-refractivity contribution < 1.29 is 9.59 Å². The zero-order valence-corrected chi connectivity index (χ0v) is 15.1. The van der Waals surface area contributed by atoms with Crippen LogP contribution in [0.2, 0.25) is 0 Å². The normalized spacial score (nSPS) is 15.3. The van der Waals surface area contributed by atoms with Crippen LogP contribution < -0.4 is 16.4 Å². The Morgan fingerprint density at radius 2 is 1.89 bits per heavy atom. The number of aryl methyl sites for hydroxylation is 1. The lowest BCUT2D eigenvalue weighted by Gasteiger charge is -2.19. The van der Waals surface area contributed by atoms with Gasteiger partial charge in [-0.25, -0.2) is 4.68 Å². The molecular weight excluding hydrogens is 346 g/mol. The highest BCUT2D eigenvalue weighted by molar-refractivity contribution is 6.05. The van der Waals surface area contributed by atoms with Gasteiger partial charge in [-0.1, -0.05) is 38.0 Å².